The van der Waals surface area contributed by atoms with Gasteiger partial charge in [-0.2, -0.15) is 0 Å². The molecular formula is C38H64N4O10. The van der Waals surface area contributed by atoms with E-state index in [-0.39, 0.29) is 47.7 Å². The molecule has 2 saturated heterocycles. The molecule has 0 aromatic rings. The summed E-state index contributed by atoms with van der Waals surface area (Å²) in [6, 6.07) is -3.85. The normalized spacial score (nSPS) is 27.5. The van der Waals surface area contributed by atoms with E-state index in [2.05, 4.69) is 10.6 Å². The zero-order chi connectivity index (χ0) is 38.5. The summed E-state index contributed by atoms with van der Waals surface area (Å²) in [6.07, 6.45) is 11.7. The summed E-state index contributed by atoms with van der Waals surface area (Å²) in [5.41, 5.74) is 0. The van der Waals surface area contributed by atoms with E-state index in [0.717, 1.165) is 64.2 Å². The van der Waals surface area contributed by atoms with E-state index in [0.29, 0.717) is 38.9 Å². The number of carbonyl (C=O) groups excluding carboxylic acids is 4. The van der Waals surface area contributed by atoms with Crippen molar-refractivity contribution < 1.29 is 48.5 Å². The van der Waals surface area contributed by atoms with Crippen LogP contribution in [-0.4, -0.2) is 117 Å². The second-order valence-electron chi connectivity index (χ2n) is 14.9. The summed E-state index contributed by atoms with van der Waals surface area (Å²) in [7, 11) is 0. The highest BCUT2D eigenvalue weighted by Crippen LogP contribution is 2.41. The predicted molar refractivity (Wildman–Crippen MR) is 193 cm³/mol. The van der Waals surface area contributed by atoms with Gasteiger partial charge < -0.3 is 29.5 Å². The molecule has 296 valence electrons. The first-order valence-corrected chi connectivity index (χ1v) is 19.8. The monoisotopic (exact) mass is 736 g/mol. The number of aliphatic carboxylic acids is 2. The zero-order valence-corrected chi connectivity index (χ0v) is 32.1. The van der Waals surface area contributed by atoms with Gasteiger partial charge in [0.15, 0.2) is 0 Å². The number of fused-ring (bicyclic) bond motifs is 2. The second-order valence-corrected chi connectivity index (χ2v) is 14.9. The zero-order valence-electron chi connectivity index (χ0n) is 32.1. The van der Waals surface area contributed by atoms with Crippen molar-refractivity contribution in [2.45, 2.75) is 180 Å². The van der Waals surface area contributed by atoms with Crippen LogP contribution in [0.1, 0.15) is 131 Å². The number of carbonyl (C=O) groups is 6. The topological polar surface area (TPSA) is 192 Å². The SMILES string of the molecule is CCC[C@@H](N[C@@H](C)C(=O)N1[C@H](C(=O)O)C[C@H]2CCCC[C@@H]21)C(=O)OCC.CCC[C@H](N[C@H](C)C(=O)N1[C@@H](C(=O)O)C[C@@H]2CCCC[C@H]21)C(=O)OCC. The van der Waals surface area contributed by atoms with Gasteiger partial charge in [-0.3, -0.25) is 29.8 Å². The maximum Gasteiger partial charge on any atom is 0.326 e. The van der Waals surface area contributed by atoms with Crippen LogP contribution in [0.5, 0.6) is 0 Å². The highest BCUT2D eigenvalue weighted by molar-refractivity contribution is 5.89. The lowest BCUT2D eigenvalue weighted by Crippen LogP contribution is -2.55. The first kappa shape index (κ1) is 43.1. The fourth-order valence-electron chi connectivity index (χ4n) is 8.79. The number of rotatable bonds is 16. The van der Waals surface area contributed by atoms with Crippen LogP contribution in [0.2, 0.25) is 0 Å². The summed E-state index contributed by atoms with van der Waals surface area (Å²) in [5, 5.41) is 25.3. The molecular weight excluding hydrogens is 672 g/mol. The third-order valence-electron chi connectivity index (χ3n) is 11.2. The Balaban J connectivity index is 0.000000280. The van der Waals surface area contributed by atoms with Crippen LogP contribution < -0.4 is 10.6 Å². The summed E-state index contributed by atoms with van der Waals surface area (Å²) < 4.78 is 10.2. The molecule has 4 rings (SSSR count). The molecule has 14 nitrogen and oxygen atoms in total. The molecule has 0 aromatic carbocycles. The molecule has 0 radical (unpaired) electrons. The predicted octanol–water partition coefficient (Wildman–Crippen LogP) is 3.88. The standard InChI is InChI=1S/2C19H32N2O5/c2*1-4-8-14(19(25)26-5-2)20-12(3)17(22)21-15-10-7-6-9-13(15)11-16(21)18(23)24/h2*12-16,20H,4-11H2,1-3H3,(H,23,24)/t2*12-,13+,14+,15-,16-/m10/s1. The number of carboxylic acids is 2. The maximum atomic E-state index is 13.1. The Morgan fingerprint density at radius 3 is 1.27 bits per heavy atom. The Kier molecular flexibility index (Phi) is 17.3. The fourth-order valence-corrected chi connectivity index (χ4v) is 8.79. The molecule has 2 heterocycles. The van der Waals surface area contributed by atoms with Gasteiger partial charge >= 0.3 is 23.9 Å². The van der Waals surface area contributed by atoms with Crippen LogP contribution in [0.4, 0.5) is 0 Å². The van der Waals surface area contributed by atoms with E-state index in [4.69, 9.17) is 9.47 Å². The number of esters is 2. The van der Waals surface area contributed by atoms with Crippen molar-refractivity contribution in [2.75, 3.05) is 13.2 Å². The van der Waals surface area contributed by atoms with E-state index in [1.807, 2.05) is 13.8 Å². The van der Waals surface area contributed by atoms with Crippen molar-refractivity contribution in [1.29, 1.82) is 0 Å². The molecule has 14 heteroatoms. The number of likely N-dealkylation sites (tertiary alicyclic amines) is 2. The number of hydrogen-bond donors (Lipinski definition) is 4. The minimum absolute atomic E-state index is 0.00817. The maximum absolute atomic E-state index is 13.1. The van der Waals surface area contributed by atoms with Gasteiger partial charge in [-0.15, -0.1) is 0 Å². The molecule has 4 aliphatic rings. The molecule has 4 fully saturated rings. The van der Waals surface area contributed by atoms with Crippen molar-refractivity contribution in [3.05, 3.63) is 0 Å². The summed E-state index contributed by atoms with van der Waals surface area (Å²) in [4.78, 5) is 77.0. The van der Waals surface area contributed by atoms with E-state index in [9.17, 15) is 39.0 Å². The smallest absolute Gasteiger partial charge is 0.326 e. The molecule has 2 aliphatic heterocycles. The highest BCUT2D eigenvalue weighted by atomic mass is 16.5. The van der Waals surface area contributed by atoms with Gasteiger partial charge in [0.2, 0.25) is 11.8 Å². The van der Waals surface area contributed by atoms with Crippen molar-refractivity contribution in [3.8, 4) is 0 Å². The van der Waals surface area contributed by atoms with E-state index in [1.54, 1.807) is 37.5 Å². The third kappa shape index (κ3) is 10.9. The number of hydrogen-bond acceptors (Lipinski definition) is 10. The number of ether oxygens (including phenoxy) is 2. The molecule has 52 heavy (non-hydrogen) atoms. The van der Waals surface area contributed by atoms with Gasteiger partial charge in [-0.1, -0.05) is 52.4 Å². The number of carboxylic acid groups (broad SMARTS) is 2. The Bertz CT molecular complexity index is 1140. The minimum atomic E-state index is -0.935. The van der Waals surface area contributed by atoms with Crippen molar-refractivity contribution in [1.82, 2.24) is 20.4 Å². The van der Waals surface area contributed by atoms with E-state index >= 15 is 0 Å². The summed E-state index contributed by atoms with van der Waals surface area (Å²) >= 11 is 0. The van der Waals surface area contributed by atoms with Crippen LogP contribution in [0.3, 0.4) is 0 Å². The minimum Gasteiger partial charge on any atom is -0.480 e. The van der Waals surface area contributed by atoms with Gasteiger partial charge in [0.1, 0.15) is 24.2 Å². The van der Waals surface area contributed by atoms with Crippen LogP contribution in [0.25, 0.3) is 0 Å². The number of nitrogens with zero attached hydrogens (tertiary/aromatic N) is 2. The first-order valence-electron chi connectivity index (χ1n) is 19.8. The van der Waals surface area contributed by atoms with Gasteiger partial charge in [-0.05, 0) is 90.9 Å². The summed E-state index contributed by atoms with van der Waals surface area (Å²) in [5.74, 6) is -2.49. The summed E-state index contributed by atoms with van der Waals surface area (Å²) in [6.45, 7) is 11.4. The fraction of sp³-hybridized carbons (Fsp3) is 0.842. The molecule has 2 amide bonds. The third-order valence-corrected chi connectivity index (χ3v) is 11.2. The molecule has 2 saturated carbocycles. The molecule has 4 N–H and O–H groups in total. The number of nitrogens with one attached hydrogen (secondary N) is 2. The Morgan fingerprint density at radius 2 is 0.962 bits per heavy atom. The molecule has 0 spiro atoms. The Labute approximate surface area is 309 Å². The average molecular weight is 737 g/mol. The van der Waals surface area contributed by atoms with Crippen LogP contribution in [-0.2, 0) is 38.2 Å². The van der Waals surface area contributed by atoms with E-state index < -0.39 is 48.2 Å². The molecule has 0 bridgehead atoms. The highest BCUT2D eigenvalue weighted by Gasteiger charge is 2.50. The lowest BCUT2D eigenvalue weighted by Gasteiger charge is -2.35. The first-order chi connectivity index (χ1) is 24.8. The molecule has 0 aromatic heterocycles. The Hall–Kier alpha value is -3.26. The van der Waals surface area contributed by atoms with Crippen molar-refractivity contribution in [2.24, 2.45) is 11.8 Å². The average Bonchev–Trinajstić information content (AvgIpc) is 3.71. The second kappa shape index (κ2) is 20.8. The van der Waals surface area contributed by atoms with Crippen LogP contribution in [0, 0.1) is 11.8 Å². The van der Waals surface area contributed by atoms with Gasteiger partial charge in [0.05, 0.1) is 25.3 Å². The van der Waals surface area contributed by atoms with Gasteiger partial charge in [-0.25, -0.2) is 9.59 Å². The quantitative estimate of drug-likeness (QED) is 0.168. The molecule has 10 atom stereocenters. The van der Waals surface area contributed by atoms with Gasteiger partial charge in [0.25, 0.3) is 0 Å². The lowest BCUT2D eigenvalue weighted by molar-refractivity contribution is -0.152. The van der Waals surface area contributed by atoms with Crippen LogP contribution in [0.15, 0.2) is 0 Å². The lowest BCUT2D eigenvalue weighted by atomic mass is 9.84. The van der Waals surface area contributed by atoms with Crippen molar-refractivity contribution in [3.63, 3.8) is 0 Å². The Morgan fingerprint density at radius 1 is 0.615 bits per heavy atom. The molecule has 0 unspecified atom stereocenters. The van der Waals surface area contributed by atoms with Gasteiger partial charge in [0, 0.05) is 12.1 Å². The van der Waals surface area contributed by atoms with E-state index in [1.165, 1.54) is 0 Å². The molecule has 2 aliphatic carbocycles. The number of amides is 2. The van der Waals surface area contributed by atoms with Crippen molar-refractivity contribution >= 4 is 35.7 Å². The van der Waals surface area contributed by atoms with Crippen LogP contribution >= 0.6 is 0 Å². The largest absolute Gasteiger partial charge is 0.480 e.